The van der Waals surface area contributed by atoms with Gasteiger partial charge in [0.2, 0.25) is 0 Å². The zero-order valence-electron chi connectivity index (χ0n) is 14.8. The number of β-amino-alcohol motifs (C(OH)–C–C–N with tert-alkyl or cyclic N) is 1. The Labute approximate surface area is 157 Å². The van der Waals surface area contributed by atoms with Crippen LogP contribution < -0.4 is 4.74 Å². The Morgan fingerprint density at radius 2 is 1.80 bits per heavy atom. The van der Waals surface area contributed by atoms with Crippen molar-refractivity contribution in [3.63, 3.8) is 0 Å². The van der Waals surface area contributed by atoms with E-state index in [0.717, 1.165) is 23.4 Å². The van der Waals surface area contributed by atoms with Crippen LogP contribution in [0.25, 0.3) is 11.1 Å². The van der Waals surface area contributed by atoms with Crippen LogP contribution in [0.1, 0.15) is 26.2 Å². The second kappa shape index (κ2) is 9.81. The zero-order valence-corrected chi connectivity index (χ0v) is 15.6. The molecule has 2 unspecified atom stereocenters. The van der Waals surface area contributed by atoms with Crippen molar-refractivity contribution in [2.75, 3.05) is 19.7 Å². The van der Waals surface area contributed by atoms with Crippen molar-refractivity contribution in [2.45, 2.75) is 38.3 Å². The first-order valence-electron chi connectivity index (χ1n) is 8.93. The number of likely N-dealkylation sites (tertiary alicyclic amines) is 1. The van der Waals surface area contributed by atoms with E-state index < -0.39 is 6.10 Å². The van der Waals surface area contributed by atoms with E-state index in [1.165, 1.54) is 19.3 Å². The molecule has 2 aromatic rings. The largest absolute Gasteiger partial charge is 0.490 e. The fourth-order valence-corrected chi connectivity index (χ4v) is 3.39. The number of aliphatic hydroxyl groups excluding tert-OH is 1. The van der Waals surface area contributed by atoms with Gasteiger partial charge in [-0.25, -0.2) is 0 Å². The monoisotopic (exact) mass is 361 g/mol. The molecule has 0 amide bonds. The van der Waals surface area contributed by atoms with Gasteiger partial charge < -0.3 is 9.84 Å². The molecule has 1 saturated heterocycles. The fourth-order valence-electron chi connectivity index (χ4n) is 3.39. The number of aliphatic hydroxyl groups is 1. The molecule has 3 rings (SSSR count). The quantitative estimate of drug-likeness (QED) is 0.828. The Hall–Kier alpha value is -1.55. The lowest BCUT2D eigenvalue weighted by atomic mass is 10.0. The highest BCUT2D eigenvalue weighted by Crippen LogP contribution is 2.29. The maximum atomic E-state index is 10.4. The molecule has 25 heavy (non-hydrogen) atoms. The number of nitrogens with zero attached hydrogens (tertiary/aromatic N) is 1. The van der Waals surface area contributed by atoms with Gasteiger partial charge in [-0.05, 0) is 37.9 Å². The van der Waals surface area contributed by atoms with Crippen LogP contribution in [0, 0.1) is 0 Å². The second-order valence-corrected chi connectivity index (χ2v) is 6.67. The summed E-state index contributed by atoms with van der Waals surface area (Å²) in [7, 11) is 0. The van der Waals surface area contributed by atoms with Crippen LogP contribution >= 0.6 is 12.4 Å². The molecule has 1 heterocycles. The zero-order chi connectivity index (χ0) is 16.8. The van der Waals surface area contributed by atoms with E-state index in [2.05, 4.69) is 30.0 Å². The first-order valence-corrected chi connectivity index (χ1v) is 8.93. The number of benzene rings is 2. The van der Waals surface area contributed by atoms with Crippen molar-refractivity contribution in [1.29, 1.82) is 0 Å². The van der Waals surface area contributed by atoms with E-state index in [0.29, 0.717) is 19.2 Å². The van der Waals surface area contributed by atoms with Gasteiger partial charge in [-0.3, -0.25) is 4.90 Å². The second-order valence-electron chi connectivity index (χ2n) is 6.67. The van der Waals surface area contributed by atoms with Crippen molar-refractivity contribution in [1.82, 2.24) is 4.90 Å². The Balaban J connectivity index is 0.00000225. The van der Waals surface area contributed by atoms with E-state index in [1.807, 2.05) is 36.4 Å². The third-order valence-corrected chi connectivity index (χ3v) is 4.79. The van der Waals surface area contributed by atoms with Gasteiger partial charge in [0, 0.05) is 18.2 Å². The molecule has 2 aromatic carbocycles. The highest BCUT2D eigenvalue weighted by molar-refractivity contribution is 5.85. The minimum Gasteiger partial charge on any atom is -0.490 e. The van der Waals surface area contributed by atoms with Crippen LogP contribution in [0.2, 0.25) is 0 Å². The summed E-state index contributed by atoms with van der Waals surface area (Å²) >= 11 is 0. The number of rotatable bonds is 6. The summed E-state index contributed by atoms with van der Waals surface area (Å²) in [6.07, 6.45) is 3.29. The minimum absolute atomic E-state index is 0. The average molecular weight is 362 g/mol. The van der Waals surface area contributed by atoms with E-state index >= 15 is 0 Å². The van der Waals surface area contributed by atoms with Gasteiger partial charge in [-0.2, -0.15) is 0 Å². The molecule has 1 aliphatic heterocycles. The predicted octanol–water partition coefficient (Wildman–Crippen LogP) is 4.39. The summed E-state index contributed by atoms with van der Waals surface area (Å²) in [6, 6.07) is 18.8. The summed E-state index contributed by atoms with van der Waals surface area (Å²) in [4.78, 5) is 2.38. The van der Waals surface area contributed by atoms with Gasteiger partial charge in [-0.15, -0.1) is 12.4 Å². The molecule has 0 saturated carbocycles. The van der Waals surface area contributed by atoms with E-state index in [-0.39, 0.29) is 12.4 Å². The Bertz CT molecular complexity index is 635. The van der Waals surface area contributed by atoms with Crippen LogP contribution in [-0.2, 0) is 0 Å². The number of ether oxygens (including phenoxy) is 1. The van der Waals surface area contributed by atoms with Crippen molar-refractivity contribution >= 4 is 12.4 Å². The van der Waals surface area contributed by atoms with Gasteiger partial charge in [0.1, 0.15) is 18.5 Å². The number of para-hydroxylation sites is 1. The van der Waals surface area contributed by atoms with E-state index in [1.54, 1.807) is 0 Å². The molecular weight excluding hydrogens is 334 g/mol. The van der Waals surface area contributed by atoms with Crippen LogP contribution in [0.15, 0.2) is 54.6 Å². The highest BCUT2D eigenvalue weighted by atomic mass is 35.5. The average Bonchev–Trinajstić information content (AvgIpc) is 2.63. The molecule has 1 N–H and O–H groups in total. The molecule has 3 nitrogen and oxygen atoms in total. The molecule has 0 bridgehead atoms. The van der Waals surface area contributed by atoms with Crippen molar-refractivity contribution in [3.8, 4) is 16.9 Å². The topological polar surface area (TPSA) is 32.7 Å². The smallest absolute Gasteiger partial charge is 0.127 e. The number of piperidine rings is 1. The van der Waals surface area contributed by atoms with Gasteiger partial charge in [0.05, 0.1) is 0 Å². The Morgan fingerprint density at radius 1 is 1.08 bits per heavy atom. The van der Waals surface area contributed by atoms with Gasteiger partial charge >= 0.3 is 0 Å². The van der Waals surface area contributed by atoms with Crippen LogP contribution in [0.3, 0.4) is 0 Å². The van der Waals surface area contributed by atoms with Gasteiger partial charge in [-0.1, -0.05) is 55.0 Å². The molecule has 0 spiro atoms. The predicted molar refractivity (Wildman–Crippen MR) is 106 cm³/mol. The Kier molecular flexibility index (Phi) is 7.76. The Morgan fingerprint density at radius 3 is 2.56 bits per heavy atom. The maximum absolute atomic E-state index is 10.4. The first-order chi connectivity index (χ1) is 11.7. The molecule has 2 atom stereocenters. The lowest BCUT2D eigenvalue weighted by Gasteiger charge is -2.34. The molecule has 136 valence electrons. The summed E-state index contributed by atoms with van der Waals surface area (Å²) in [5.74, 6) is 0.828. The molecule has 0 radical (unpaired) electrons. The van der Waals surface area contributed by atoms with E-state index in [4.69, 9.17) is 4.74 Å². The summed E-state index contributed by atoms with van der Waals surface area (Å²) < 4.78 is 5.95. The summed E-state index contributed by atoms with van der Waals surface area (Å²) in [5, 5.41) is 10.4. The molecule has 1 aliphatic rings. The first kappa shape index (κ1) is 19.8. The fraction of sp³-hybridized carbons (Fsp3) is 0.429. The summed E-state index contributed by atoms with van der Waals surface area (Å²) in [6.45, 7) is 4.35. The van der Waals surface area contributed by atoms with Crippen LogP contribution in [-0.4, -0.2) is 41.8 Å². The van der Waals surface area contributed by atoms with Crippen molar-refractivity contribution in [2.24, 2.45) is 0 Å². The summed E-state index contributed by atoms with van der Waals surface area (Å²) in [5.41, 5.74) is 2.20. The molecular formula is C21H28ClNO2. The van der Waals surface area contributed by atoms with Crippen molar-refractivity contribution in [3.05, 3.63) is 54.6 Å². The normalized spacial score (nSPS) is 19.0. The van der Waals surface area contributed by atoms with Crippen molar-refractivity contribution < 1.29 is 9.84 Å². The maximum Gasteiger partial charge on any atom is 0.127 e. The van der Waals surface area contributed by atoms with Crippen LogP contribution in [0.5, 0.6) is 5.75 Å². The highest BCUT2D eigenvalue weighted by Gasteiger charge is 2.21. The molecule has 1 fully saturated rings. The number of halogens is 1. The van der Waals surface area contributed by atoms with Crippen LogP contribution in [0.4, 0.5) is 0 Å². The SMILES string of the molecule is CC1CCCCN1CC(O)COc1ccccc1-c1ccccc1.Cl. The number of hydrogen-bond acceptors (Lipinski definition) is 3. The lowest BCUT2D eigenvalue weighted by Crippen LogP contribution is -2.43. The van der Waals surface area contributed by atoms with Gasteiger partial charge in [0.25, 0.3) is 0 Å². The molecule has 4 heteroatoms. The third-order valence-electron chi connectivity index (χ3n) is 4.79. The minimum atomic E-state index is -0.464. The molecule has 0 aliphatic carbocycles. The van der Waals surface area contributed by atoms with E-state index in [9.17, 15) is 5.11 Å². The number of hydrogen-bond donors (Lipinski definition) is 1. The third kappa shape index (κ3) is 5.46. The van der Waals surface area contributed by atoms with Gasteiger partial charge in [0.15, 0.2) is 0 Å². The molecule has 0 aromatic heterocycles. The standard InChI is InChI=1S/C21H27NO2.ClH/c1-17-9-7-8-14-22(17)15-19(23)16-24-21-13-6-5-12-20(21)18-10-3-2-4-11-18;/h2-6,10-13,17,19,23H,7-9,14-16H2,1H3;1H. The lowest BCUT2D eigenvalue weighted by molar-refractivity contribution is 0.0439.